The molecule has 0 saturated heterocycles. The van der Waals surface area contributed by atoms with E-state index in [-0.39, 0.29) is 4.83 Å². The summed E-state index contributed by atoms with van der Waals surface area (Å²) in [4.78, 5) is 4.51. The average molecular weight is 322 g/mol. The van der Waals surface area contributed by atoms with E-state index in [9.17, 15) is 0 Å². The third-order valence-corrected chi connectivity index (χ3v) is 3.70. The molecule has 0 aliphatic carbocycles. The fourth-order valence-corrected chi connectivity index (χ4v) is 2.43. The van der Waals surface area contributed by atoms with Crippen molar-refractivity contribution in [2.75, 3.05) is 14.2 Å². The molecule has 0 bridgehead atoms. The summed E-state index contributed by atoms with van der Waals surface area (Å²) in [5, 5.41) is 0. The SMILES string of the molecule is COc1cc(OC)cc(C(Br)Cc2ccccn2)c1. The van der Waals surface area contributed by atoms with Gasteiger partial charge in [0.05, 0.1) is 14.2 Å². The van der Waals surface area contributed by atoms with Crippen LogP contribution < -0.4 is 9.47 Å². The summed E-state index contributed by atoms with van der Waals surface area (Å²) in [5.74, 6) is 1.58. The Balaban J connectivity index is 2.20. The van der Waals surface area contributed by atoms with Crippen molar-refractivity contribution < 1.29 is 9.47 Å². The van der Waals surface area contributed by atoms with Gasteiger partial charge < -0.3 is 9.47 Å². The quantitative estimate of drug-likeness (QED) is 0.785. The van der Waals surface area contributed by atoms with Crippen molar-refractivity contribution >= 4 is 15.9 Å². The number of ether oxygens (including phenoxy) is 2. The monoisotopic (exact) mass is 321 g/mol. The van der Waals surface area contributed by atoms with E-state index in [0.29, 0.717) is 0 Å². The summed E-state index contributed by atoms with van der Waals surface area (Å²) in [6.45, 7) is 0. The molecule has 2 aromatic rings. The van der Waals surface area contributed by atoms with E-state index in [0.717, 1.165) is 29.2 Å². The molecule has 19 heavy (non-hydrogen) atoms. The van der Waals surface area contributed by atoms with Crippen molar-refractivity contribution in [1.29, 1.82) is 0 Å². The highest BCUT2D eigenvalue weighted by Crippen LogP contribution is 2.32. The molecule has 0 N–H and O–H groups in total. The van der Waals surface area contributed by atoms with Gasteiger partial charge >= 0.3 is 0 Å². The predicted molar refractivity (Wildman–Crippen MR) is 79.2 cm³/mol. The van der Waals surface area contributed by atoms with Crippen LogP contribution in [0.5, 0.6) is 11.5 Å². The van der Waals surface area contributed by atoms with Gasteiger partial charge in [0.1, 0.15) is 11.5 Å². The molecule has 1 aromatic carbocycles. The largest absolute Gasteiger partial charge is 0.497 e. The highest BCUT2D eigenvalue weighted by molar-refractivity contribution is 9.09. The number of aromatic nitrogens is 1. The average Bonchev–Trinajstić information content (AvgIpc) is 2.47. The van der Waals surface area contributed by atoms with Gasteiger partial charge in [-0.2, -0.15) is 0 Å². The summed E-state index contributed by atoms with van der Waals surface area (Å²) < 4.78 is 10.6. The Bertz CT molecular complexity index is 509. The minimum atomic E-state index is 0.173. The predicted octanol–water partition coefficient (Wildman–Crippen LogP) is 3.78. The first-order valence-electron chi connectivity index (χ1n) is 6.00. The molecule has 0 fully saturated rings. The third kappa shape index (κ3) is 3.70. The van der Waals surface area contributed by atoms with E-state index >= 15 is 0 Å². The lowest BCUT2D eigenvalue weighted by atomic mass is 10.1. The van der Waals surface area contributed by atoms with Crippen molar-refractivity contribution in [3.05, 3.63) is 53.9 Å². The van der Waals surface area contributed by atoms with Crippen LogP contribution in [-0.2, 0) is 6.42 Å². The number of nitrogens with zero attached hydrogens (tertiary/aromatic N) is 1. The first kappa shape index (κ1) is 13.9. The van der Waals surface area contributed by atoms with Crippen LogP contribution in [0.25, 0.3) is 0 Å². The smallest absolute Gasteiger partial charge is 0.122 e. The highest BCUT2D eigenvalue weighted by Gasteiger charge is 2.12. The van der Waals surface area contributed by atoms with E-state index in [4.69, 9.17) is 9.47 Å². The maximum Gasteiger partial charge on any atom is 0.122 e. The van der Waals surface area contributed by atoms with Crippen molar-refractivity contribution in [3.8, 4) is 11.5 Å². The number of alkyl halides is 1. The Morgan fingerprint density at radius 2 is 1.79 bits per heavy atom. The van der Waals surface area contributed by atoms with Gasteiger partial charge in [-0.3, -0.25) is 4.98 Å². The zero-order valence-corrected chi connectivity index (χ0v) is 12.6. The molecule has 1 heterocycles. The molecule has 0 radical (unpaired) electrons. The Labute approximate surface area is 121 Å². The van der Waals surface area contributed by atoms with Crippen LogP contribution in [0, 0.1) is 0 Å². The third-order valence-electron chi connectivity index (χ3n) is 2.85. The lowest BCUT2D eigenvalue weighted by Crippen LogP contribution is -1.99. The van der Waals surface area contributed by atoms with Crippen LogP contribution >= 0.6 is 15.9 Å². The molecular formula is C15H16BrNO2. The van der Waals surface area contributed by atoms with Crippen LogP contribution in [0.15, 0.2) is 42.6 Å². The lowest BCUT2D eigenvalue weighted by molar-refractivity contribution is 0.393. The Morgan fingerprint density at radius 1 is 1.11 bits per heavy atom. The van der Waals surface area contributed by atoms with Gasteiger partial charge in [-0.1, -0.05) is 22.0 Å². The van der Waals surface area contributed by atoms with Gasteiger partial charge in [-0.05, 0) is 29.8 Å². The minimum absolute atomic E-state index is 0.173. The van der Waals surface area contributed by atoms with Crippen molar-refractivity contribution in [1.82, 2.24) is 4.98 Å². The van der Waals surface area contributed by atoms with Gasteiger partial charge in [-0.25, -0.2) is 0 Å². The summed E-state index contributed by atoms with van der Waals surface area (Å²) in [6, 6.07) is 11.8. The molecule has 0 saturated carbocycles. The maximum absolute atomic E-state index is 5.28. The molecular weight excluding hydrogens is 306 g/mol. The van der Waals surface area contributed by atoms with Crippen LogP contribution in [0.3, 0.4) is 0 Å². The lowest BCUT2D eigenvalue weighted by Gasteiger charge is -2.13. The molecule has 4 heteroatoms. The van der Waals surface area contributed by atoms with Gasteiger partial charge in [0.2, 0.25) is 0 Å². The molecule has 1 unspecified atom stereocenters. The maximum atomic E-state index is 5.28. The molecule has 1 aromatic heterocycles. The Morgan fingerprint density at radius 3 is 2.32 bits per heavy atom. The first-order valence-corrected chi connectivity index (χ1v) is 6.91. The van der Waals surface area contributed by atoms with E-state index in [1.807, 2.05) is 36.4 Å². The first-order chi connectivity index (χ1) is 9.22. The fourth-order valence-electron chi connectivity index (χ4n) is 1.83. The van der Waals surface area contributed by atoms with Crippen molar-refractivity contribution in [2.45, 2.75) is 11.2 Å². The molecule has 0 aliphatic rings. The molecule has 100 valence electrons. The van der Waals surface area contributed by atoms with Crippen LogP contribution in [0.1, 0.15) is 16.1 Å². The fraction of sp³-hybridized carbons (Fsp3) is 0.267. The van der Waals surface area contributed by atoms with Crippen molar-refractivity contribution in [2.24, 2.45) is 0 Å². The van der Waals surface area contributed by atoms with Crippen LogP contribution in [0.4, 0.5) is 0 Å². The Hall–Kier alpha value is -1.55. The zero-order valence-electron chi connectivity index (χ0n) is 11.0. The molecule has 2 rings (SSSR count). The number of hydrogen-bond acceptors (Lipinski definition) is 3. The summed E-state index contributed by atoms with van der Waals surface area (Å²) in [5.41, 5.74) is 2.16. The van der Waals surface area contributed by atoms with Gasteiger partial charge in [0.25, 0.3) is 0 Å². The topological polar surface area (TPSA) is 31.4 Å². The van der Waals surface area contributed by atoms with E-state index in [2.05, 4.69) is 20.9 Å². The van der Waals surface area contributed by atoms with Crippen LogP contribution in [-0.4, -0.2) is 19.2 Å². The van der Waals surface area contributed by atoms with Gasteiger partial charge in [0, 0.05) is 29.2 Å². The Kier molecular flexibility index (Phi) is 4.80. The minimum Gasteiger partial charge on any atom is -0.497 e. The second-order valence-corrected chi connectivity index (χ2v) is 5.24. The number of methoxy groups -OCH3 is 2. The van der Waals surface area contributed by atoms with E-state index in [1.54, 1.807) is 20.4 Å². The molecule has 3 nitrogen and oxygen atoms in total. The summed E-state index contributed by atoms with van der Waals surface area (Å²) >= 11 is 3.70. The van der Waals surface area contributed by atoms with Gasteiger partial charge in [0.15, 0.2) is 0 Å². The van der Waals surface area contributed by atoms with Crippen LogP contribution in [0.2, 0.25) is 0 Å². The normalized spacial score (nSPS) is 11.9. The number of pyridine rings is 1. The van der Waals surface area contributed by atoms with Crippen molar-refractivity contribution in [3.63, 3.8) is 0 Å². The highest BCUT2D eigenvalue weighted by atomic mass is 79.9. The van der Waals surface area contributed by atoms with Gasteiger partial charge in [-0.15, -0.1) is 0 Å². The number of benzene rings is 1. The number of halogens is 1. The molecule has 0 amide bonds. The second-order valence-electron chi connectivity index (χ2n) is 4.14. The number of rotatable bonds is 5. The molecule has 1 atom stereocenters. The summed E-state index contributed by atoms with van der Waals surface area (Å²) in [6.07, 6.45) is 2.62. The number of hydrogen-bond donors (Lipinski definition) is 0. The van der Waals surface area contributed by atoms with E-state index in [1.165, 1.54) is 0 Å². The second kappa shape index (κ2) is 6.57. The van der Waals surface area contributed by atoms with E-state index < -0.39 is 0 Å². The molecule has 0 aliphatic heterocycles. The molecule has 0 spiro atoms. The standard InChI is InChI=1S/C15H16BrNO2/c1-18-13-7-11(8-14(10-13)19-2)15(16)9-12-5-3-4-6-17-12/h3-8,10,15H,9H2,1-2H3. The summed E-state index contributed by atoms with van der Waals surface area (Å²) in [7, 11) is 3.31. The zero-order chi connectivity index (χ0) is 13.7.